The topological polar surface area (TPSA) is 109 Å². The first kappa shape index (κ1) is 18.9. The molecule has 1 aliphatic rings. The van der Waals surface area contributed by atoms with E-state index in [9.17, 15) is 13.9 Å². The van der Waals surface area contributed by atoms with Gasteiger partial charge in [-0.25, -0.2) is 0 Å². The third-order valence-electron chi connectivity index (χ3n) is 5.53. The lowest BCUT2D eigenvalue weighted by Gasteiger charge is -2.39. The van der Waals surface area contributed by atoms with Gasteiger partial charge in [-0.15, -0.1) is 0 Å². The highest BCUT2D eigenvalue weighted by Gasteiger charge is 2.27. The predicted molar refractivity (Wildman–Crippen MR) is 113 cm³/mol. The van der Waals surface area contributed by atoms with Crippen LogP contribution in [0.4, 0.5) is 0 Å². The zero-order valence-electron chi connectivity index (χ0n) is 15.6. The number of fused-ring (bicyclic) bond motifs is 1. The molecule has 6 nitrogen and oxygen atoms in total. The van der Waals surface area contributed by atoms with Crippen molar-refractivity contribution in [2.75, 3.05) is 18.6 Å². The van der Waals surface area contributed by atoms with Crippen molar-refractivity contribution in [2.24, 2.45) is 5.73 Å². The number of para-hydroxylation sites is 1. The van der Waals surface area contributed by atoms with Crippen molar-refractivity contribution < 1.29 is 18.6 Å². The van der Waals surface area contributed by atoms with Gasteiger partial charge in [-0.3, -0.25) is 13.9 Å². The summed E-state index contributed by atoms with van der Waals surface area (Å²) in [5, 5.41) is 0.945. The maximum Gasteiger partial charge on any atom is 0.250 e. The second kappa shape index (κ2) is 7.16. The van der Waals surface area contributed by atoms with Crippen molar-refractivity contribution in [3.8, 4) is 16.9 Å². The van der Waals surface area contributed by atoms with E-state index in [0.717, 1.165) is 33.3 Å². The van der Waals surface area contributed by atoms with Crippen LogP contribution in [0.5, 0.6) is 5.75 Å². The first-order valence-electron chi connectivity index (χ1n) is 9.21. The Hall–Kier alpha value is -2.48. The van der Waals surface area contributed by atoms with Crippen molar-refractivity contribution in [1.29, 1.82) is 0 Å². The molecule has 28 heavy (non-hydrogen) atoms. The van der Waals surface area contributed by atoms with Crippen molar-refractivity contribution in [1.82, 2.24) is 4.98 Å². The number of carbonyl (C=O) groups is 1. The highest BCUT2D eigenvalue weighted by molar-refractivity contribution is 8.24. The normalized spacial score (nSPS) is 18.1. The Bertz CT molecular complexity index is 1030. The van der Waals surface area contributed by atoms with Gasteiger partial charge in [0.25, 0.3) is 5.91 Å². The molecule has 4 rings (SSSR count). The number of benzene rings is 2. The summed E-state index contributed by atoms with van der Waals surface area (Å²) in [6.45, 7) is 0. The summed E-state index contributed by atoms with van der Waals surface area (Å²) in [4.78, 5) is 15.3. The van der Waals surface area contributed by atoms with Crippen molar-refractivity contribution in [2.45, 2.75) is 18.8 Å². The summed E-state index contributed by atoms with van der Waals surface area (Å²) in [5.74, 6) is 1.27. The average Bonchev–Trinajstić information content (AvgIpc) is 3.11. The maximum atomic E-state index is 12.1. The molecular formula is C21H24N2O4S. The van der Waals surface area contributed by atoms with Gasteiger partial charge >= 0.3 is 0 Å². The van der Waals surface area contributed by atoms with Crippen molar-refractivity contribution in [3.05, 3.63) is 53.7 Å². The van der Waals surface area contributed by atoms with E-state index in [4.69, 9.17) is 10.5 Å². The molecule has 0 atom stereocenters. The van der Waals surface area contributed by atoms with Crippen LogP contribution < -0.4 is 10.5 Å². The molecule has 0 unspecified atom stereocenters. The Kier molecular flexibility index (Phi) is 4.82. The molecule has 2 aromatic carbocycles. The number of H-pyrrole nitrogens is 1. The maximum absolute atomic E-state index is 12.1. The number of ether oxygens (including phenoxy) is 1. The highest BCUT2D eigenvalue weighted by atomic mass is 32.3. The number of carbonyl (C=O) groups excluding carboxylic acids is 1. The van der Waals surface area contributed by atoms with Crippen LogP contribution in [0.25, 0.3) is 22.0 Å². The number of aromatic nitrogens is 1. The second-order valence-corrected chi connectivity index (χ2v) is 9.66. The number of methoxy groups -OCH3 is 1. The third kappa shape index (κ3) is 3.37. The first-order chi connectivity index (χ1) is 13.4. The summed E-state index contributed by atoms with van der Waals surface area (Å²) in [7, 11) is -0.823. The fraction of sp³-hybridized carbons (Fsp3) is 0.286. The van der Waals surface area contributed by atoms with Crippen LogP contribution in [0.1, 0.15) is 34.7 Å². The number of nitrogens with one attached hydrogen (secondary N) is 1. The molecule has 0 saturated carbocycles. The minimum atomic E-state index is -2.44. The molecule has 0 spiro atoms. The third-order valence-corrected chi connectivity index (χ3v) is 7.31. The largest absolute Gasteiger partial charge is 0.496 e. The quantitative estimate of drug-likeness (QED) is 0.514. The summed E-state index contributed by atoms with van der Waals surface area (Å²) < 4.78 is 25.3. The van der Waals surface area contributed by atoms with E-state index in [1.165, 1.54) is 0 Å². The Morgan fingerprint density at radius 1 is 1.21 bits per heavy atom. The lowest BCUT2D eigenvalue weighted by molar-refractivity contribution is 0.100. The number of nitrogens with two attached hydrogens (primary N) is 1. The van der Waals surface area contributed by atoms with Gasteiger partial charge in [0.05, 0.1) is 18.2 Å². The first-order valence-corrected chi connectivity index (χ1v) is 11.1. The SMILES string of the molecule is COc1ccccc1-c1cc(C(N)=O)c2[nH]cc(C3CCS(O)(O)CC3)c2c1. The van der Waals surface area contributed by atoms with Crippen LogP contribution in [-0.4, -0.2) is 38.6 Å². The van der Waals surface area contributed by atoms with E-state index < -0.39 is 16.5 Å². The molecule has 3 aromatic rings. The van der Waals surface area contributed by atoms with Crippen LogP contribution in [0, 0.1) is 0 Å². The lowest BCUT2D eigenvalue weighted by Crippen LogP contribution is -2.19. The van der Waals surface area contributed by atoms with E-state index in [0.29, 0.717) is 29.9 Å². The molecule has 7 heteroatoms. The van der Waals surface area contributed by atoms with Gasteiger partial charge in [0.2, 0.25) is 0 Å². The van der Waals surface area contributed by atoms with Gasteiger partial charge in [0.1, 0.15) is 5.75 Å². The monoisotopic (exact) mass is 400 g/mol. The molecule has 148 valence electrons. The average molecular weight is 401 g/mol. The Morgan fingerprint density at radius 2 is 1.93 bits per heavy atom. The molecule has 5 N–H and O–H groups in total. The van der Waals surface area contributed by atoms with Crippen LogP contribution >= 0.6 is 10.6 Å². The van der Waals surface area contributed by atoms with E-state index in [1.54, 1.807) is 13.2 Å². The van der Waals surface area contributed by atoms with Crippen LogP contribution in [0.2, 0.25) is 0 Å². The number of hydrogen-bond acceptors (Lipinski definition) is 4. The standard InChI is InChI=1S/C21H24N2O4S/c1-27-19-5-3-2-4-15(19)14-10-16-18(13-6-8-28(25,26)9-7-13)12-23-20(16)17(11-14)21(22)24/h2-5,10-13,23,25-26H,6-9H2,1H3,(H2,22,24). The zero-order chi connectivity index (χ0) is 19.9. The Labute approximate surface area is 165 Å². The molecule has 1 amide bonds. The number of hydrogen-bond donors (Lipinski definition) is 4. The van der Waals surface area contributed by atoms with Gasteiger partial charge in [0, 0.05) is 28.7 Å². The fourth-order valence-electron chi connectivity index (χ4n) is 4.04. The van der Waals surface area contributed by atoms with Crippen LogP contribution in [-0.2, 0) is 0 Å². The van der Waals surface area contributed by atoms with Gasteiger partial charge in [-0.2, -0.15) is 10.6 Å². The second-order valence-electron chi connectivity index (χ2n) is 7.24. The summed E-state index contributed by atoms with van der Waals surface area (Å²) >= 11 is 0. The number of amides is 1. The predicted octanol–water partition coefficient (Wildman–Crippen LogP) is 4.57. The van der Waals surface area contributed by atoms with Crippen LogP contribution in [0.3, 0.4) is 0 Å². The number of primary amides is 1. The molecule has 0 bridgehead atoms. The van der Waals surface area contributed by atoms with E-state index in [2.05, 4.69) is 11.1 Å². The molecule has 1 saturated heterocycles. The summed E-state index contributed by atoms with van der Waals surface area (Å²) in [6.07, 6.45) is 3.34. The lowest BCUT2D eigenvalue weighted by atomic mass is 9.90. The van der Waals surface area contributed by atoms with Gasteiger partial charge in [-0.1, -0.05) is 18.2 Å². The molecule has 1 aliphatic heterocycles. The van der Waals surface area contributed by atoms with Gasteiger partial charge in [-0.05, 0) is 48.1 Å². The smallest absolute Gasteiger partial charge is 0.250 e. The summed E-state index contributed by atoms with van der Waals surface area (Å²) in [5.41, 5.74) is 9.66. The van der Waals surface area contributed by atoms with Crippen molar-refractivity contribution in [3.63, 3.8) is 0 Å². The zero-order valence-corrected chi connectivity index (χ0v) is 16.5. The van der Waals surface area contributed by atoms with Gasteiger partial charge in [0.15, 0.2) is 0 Å². The van der Waals surface area contributed by atoms with E-state index >= 15 is 0 Å². The molecule has 2 heterocycles. The molecular weight excluding hydrogens is 376 g/mol. The van der Waals surface area contributed by atoms with Gasteiger partial charge < -0.3 is 15.5 Å². The molecule has 0 radical (unpaired) electrons. The Morgan fingerprint density at radius 3 is 2.61 bits per heavy atom. The number of aromatic amines is 1. The van der Waals surface area contributed by atoms with Crippen molar-refractivity contribution >= 4 is 27.4 Å². The molecule has 0 aliphatic carbocycles. The van der Waals surface area contributed by atoms with Crippen LogP contribution in [0.15, 0.2) is 42.6 Å². The number of rotatable bonds is 4. The Balaban J connectivity index is 1.86. The minimum Gasteiger partial charge on any atom is -0.496 e. The van der Waals surface area contributed by atoms with E-state index in [-0.39, 0.29) is 5.92 Å². The molecule has 1 aromatic heterocycles. The summed E-state index contributed by atoms with van der Waals surface area (Å²) in [6, 6.07) is 11.5. The minimum absolute atomic E-state index is 0.210. The fourth-order valence-corrected chi connectivity index (χ4v) is 5.57. The highest BCUT2D eigenvalue weighted by Crippen LogP contribution is 2.49. The van der Waals surface area contributed by atoms with E-state index in [1.807, 2.05) is 30.5 Å². The molecule has 1 fully saturated rings.